The molecule has 0 spiro atoms. The molecule has 0 aliphatic heterocycles. The van der Waals surface area contributed by atoms with Crippen molar-refractivity contribution in [1.29, 1.82) is 0 Å². The standard InChI is InChI=1S/C17H19N5O3/c1-4-22-14(9-11(2)20-22)16(23)18-10-15-19-17(25-21-15)12-5-7-13(24-3)8-6-12/h5-9H,4,10H2,1-3H3,(H,18,23). The Labute approximate surface area is 144 Å². The molecule has 3 rings (SSSR count). The van der Waals surface area contributed by atoms with Gasteiger partial charge < -0.3 is 14.6 Å². The number of aromatic nitrogens is 4. The second kappa shape index (κ2) is 7.16. The van der Waals surface area contributed by atoms with Crippen molar-refractivity contribution in [2.45, 2.75) is 26.9 Å². The van der Waals surface area contributed by atoms with Crippen LogP contribution in [0.25, 0.3) is 11.5 Å². The Balaban J connectivity index is 1.66. The molecule has 0 atom stereocenters. The molecule has 0 aliphatic carbocycles. The van der Waals surface area contributed by atoms with Gasteiger partial charge in [-0.25, -0.2) is 0 Å². The molecule has 3 aromatic rings. The van der Waals surface area contributed by atoms with Crippen LogP contribution in [0.15, 0.2) is 34.9 Å². The number of nitrogens with zero attached hydrogens (tertiary/aromatic N) is 4. The van der Waals surface area contributed by atoms with Gasteiger partial charge in [-0.1, -0.05) is 5.16 Å². The third kappa shape index (κ3) is 3.68. The van der Waals surface area contributed by atoms with E-state index in [-0.39, 0.29) is 12.5 Å². The summed E-state index contributed by atoms with van der Waals surface area (Å²) in [5.74, 6) is 1.32. The molecule has 0 bridgehead atoms. The van der Waals surface area contributed by atoms with Crippen LogP contribution in [0.2, 0.25) is 0 Å². The van der Waals surface area contributed by atoms with Gasteiger partial charge in [0.25, 0.3) is 11.8 Å². The Bertz CT molecular complexity index is 867. The first-order valence-electron chi connectivity index (χ1n) is 7.90. The molecule has 1 aromatic carbocycles. The highest BCUT2D eigenvalue weighted by molar-refractivity contribution is 5.92. The second-order valence-corrected chi connectivity index (χ2v) is 5.41. The number of rotatable bonds is 6. The minimum Gasteiger partial charge on any atom is -0.497 e. The summed E-state index contributed by atoms with van der Waals surface area (Å²) in [4.78, 5) is 16.6. The van der Waals surface area contributed by atoms with E-state index in [1.54, 1.807) is 17.9 Å². The van der Waals surface area contributed by atoms with Gasteiger partial charge in [-0.05, 0) is 44.2 Å². The van der Waals surface area contributed by atoms with Crippen molar-refractivity contribution in [3.8, 4) is 17.2 Å². The van der Waals surface area contributed by atoms with E-state index in [0.29, 0.717) is 24.0 Å². The molecule has 0 radical (unpaired) electrons. The summed E-state index contributed by atoms with van der Waals surface area (Å²) in [6.45, 7) is 4.58. The molecule has 130 valence electrons. The van der Waals surface area contributed by atoms with Gasteiger partial charge in [0, 0.05) is 12.1 Å². The van der Waals surface area contributed by atoms with Crippen molar-refractivity contribution < 1.29 is 14.1 Å². The van der Waals surface area contributed by atoms with Crippen LogP contribution in [-0.4, -0.2) is 32.9 Å². The molecule has 2 aromatic heterocycles. The number of ether oxygens (including phenoxy) is 1. The van der Waals surface area contributed by atoms with E-state index in [1.165, 1.54) is 0 Å². The zero-order chi connectivity index (χ0) is 17.8. The quantitative estimate of drug-likeness (QED) is 0.738. The predicted molar refractivity (Wildman–Crippen MR) is 90.1 cm³/mol. The Morgan fingerprint density at radius 2 is 2.08 bits per heavy atom. The minimum atomic E-state index is -0.224. The molecule has 8 nitrogen and oxygen atoms in total. The zero-order valence-corrected chi connectivity index (χ0v) is 14.3. The topological polar surface area (TPSA) is 95.1 Å². The summed E-state index contributed by atoms with van der Waals surface area (Å²) in [6, 6.07) is 9.04. The molecular weight excluding hydrogens is 322 g/mol. The maximum Gasteiger partial charge on any atom is 0.269 e. The predicted octanol–water partition coefficient (Wildman–Crippen LogP) is 2.20. The van der Waals surface area contributed by atoms with E-state index >= 15 is 0 Å². The van der Waals surface area contributed by atoms with Gasteiger partial charge in [-0.2, -0.15) is 10.1 Å². The van der Waals surface area contributed by atoms with Gasteiger partial charge in [-0.15, -0.1) is 0 Å². The summed E-state index contributed by atoms with van der Waals surface area (Å²) in [6.07, 6.45) is 0. The molecule has 25 heavy (non-hydrogen) atoms. The van der Waals surface area contributed by atoms with Crippen LogP contribution in [0, 0.1) is 6.92 Å². The van der Waals surface area contributed by atoms with E-state index in [0.717, 1.165) is 17.0 Å². The van der Waals surface area contributed by atoms with Crippen molar-refractivity contribution >= 4 is 5.91 Å². The smallest absolute Gasteiger partial charge is 0.269 e. The van der Waals surface area contributed by atoms with Crippen molar-refractivity contribution in [2.75, 3.05) is 7.11 Å². The highest BCUT2D eigenvalue weighted by Gasteiger charge is 2.15. The second-order valence-electron chi connectivity index (χ2n) is 5.41. The number of hydrogen-bond acceptors (Lipinski definition) is 6. The van der Waals surface area contributed by atoms with E-state index in [2.05, 4.69) is 20.6 Å². The molecule has 0 unspecified atom stereocenters. The average Bonchev–Trinajstić information content (AvgIpc) is 3.26. The number of carbonyl (C=O) groups is 1. The van der Waals surface area contributed by atoms with Gasteiger partial charge in [0.05, 0.1) is 19.3 Å². The lowest BCUT2D eigenvalue weighted by atomic mass is 10.2. The number of amides is 1. The van der Waals surface area contributed by atoms with E-state index < -0.39 is 0 Å². The van der Waals surface area contributed by atoms with Gasteiger partial charge >= 0.3 is 0 Å². The lowest BCUT2D eigenvalue weighted by Gasteiger charge is -2.04. The first-order valence-corrected chi connectivity index (χ1v) is 7.90. The molecule has 0 aliphatic rings. The number of methoxy groups -OCH3 is 1. The normalized spacial score (nSPS) is 10.7. The zero-order valence-electron chi connectivity index (χ0n) is 14.3. The Morgan fingerprint density at radius 1 is 1.32 bits per heavy atom. The summed E-state index contributed by atoms with van der Waals surface area (Å²) in [5.41, 5.74) is 2.10. The van der Waals surface area contributed by atoms with E-state index in [4.69, 9.17) is 9.26 Å². The van der Waals surface area contributed by atoms with Crippen LogP contribution in [0.4, 0.5) is 0 Å². The van der Waals surface area contributed by atoms with Gasteiger partial charge in [-0.3, -0.25) is 9.48 Å². The molecule has 2 heterocycles. The highest BCUT2D eigenvalue weighted by Crippen LogP contribution is 2.20. The SMILES string of the molecule is CCn1nc(C)cc1C(=O)NCc1noc(-c2ccc(OC)cc2)n1. The number of benzene rings is 1. The largest absolute Gasteiger partial charge is 0.497 e. The number of nitrogens with one attached hydrogen (secondary N) is 1. The van der Waals surface area contributed by atoms with Gasteiger partial charge in [0.2, 0.25) is 0 Å². The first kappa shape index (κ1) is 16.7. The first-order chi connectivity index (χ1) is 12.1. The van der Waals surface area contributed by atoms with Gasteiger partial charge in [0.15, 0.2) is 5.82 Å². The van der Waals surface area contributed by atoms with Crippen LogP contribution in [0.5, 0.6) is 5.75 Å². The molecule has 1 amide bonds. The highest BCUT2D eigenvalue weighted by atomic mass is 16.5. The number of hydrogen-bond donors (Lipinski definition) is 1. The molecular formula is C17H19N5O3. The summed E-state index contributed by atoms with van der Waals surface area (Å²) < 4.78 is 12.0. The fourth-order valence-electron chi connectivity index (χ4n) is 2.40. The third-order valence-corrected chi connectivity index (χ3v) is 3.65. The fourth-order valence-corrected chi connectivity index (χ4v) is 2.40. The van der Waals surface area contributed by atoms with E-state index in [1.807, 2.05) is 38.1 Å². The molecule has 0 fully saturated rings. The van der Waals surface area contributed by atoms with Crippen LogP contribution in [0.1, 0.15) is 28.9 Å². The monoisotopic (exact) mass is 341 g/mol. The molecule has 0 saturated heterocycles. The maximum atomic E-state index is 12.3. The van der Waals surface area contributed by atoms with Crippen molar-refractivity contribution in [3.05, 3.63) is 47.5 Å². The average molecular weight is 341 g/mol. The van der Waals surface area contributed by atoms with Crippen molar-refractivity contribution in [1.82, 2.24) is 25.2 Å². The molecule has 1 N–H and O–H groups in total. The number of aryl methyl sites for hydroxylation is 2. The minimum absolute atomic E-state index is 0.173. The van der Waals surface area contributed by atoms with Crippen LogP contribution in [-0.2, 0) is 13.1 Å². The lowest BCUT2D eigenvalue weighted by Crippen LogP contribution is -2.26. The van der Waals surface area contributed by atoms with Crippen molar-refractivity contribution in [2.24, 2.45) is 0 Å². The fraction of sp³-hybridized carbons (Fsp3) is 0.294. The van der Waals surface area contributed by atoms with Crippen LogP contribution in [0.3, 0.4) is 0 Å². The number of carbonyl (C=O) groups excluding carboxylic acids is 1. The summed E-state index contributed by atoms with van der Waals surface area (Å²) >= 11 is 0. The van der Waals surface area contributed by atoms with E-state index in [9.17, 15) is 4.79 Å². The summed E-state index contributed by atoms with van der Waals surface area (Å²) in [5, 5.41) is 10.9. The molecule has 0 saturated carbocycles. The Hall–Kier alpha value is -3.16. The molecule has 8 heteroatoms. The maximum absolute atomic E-state index is 12.3. The summed E-state index contributed by atoms with van der Waals surface area (Å²) in [7, 11) is 1.61. The van der Waals surface area contributed by atoms with Crippen molar-refractivity contribution in [3.63, 3.8) is 0 Å². The third-order valence-electron chi connectivity index (χ3n) is 3.65. The van der Waals surface area contributed by atoms with Crippen LogP contribution >= 0.6 is 0 Å². The lowest BCUT2D eigenvalue weighted by molar-refractivity contribution is 0.0939. The van der Waals surface area contributed by atoms with Gasteiger partial charge in [0.1, 0.15) is 11.4 Å². The Morgan fingerprint density at radius 3 is 2.76 bits per heavy atom. The Kier molecular flexibility index (Phi) is 4.78. The van der Waals surface area contributed by atoms with Crippen LogP contribution < -0.4 is 10.1 Å².